The van der Waals surface area contributed by atoms with Crippen molar-refractivity contribution >= 4 is 26.0 Å². The van der Waals surface area contributed by atoms with Crippen LogP contribution < -0.4 is 0 Å². The van der Waals surface area contributed by atoms with Crippen LogP contribution in [0, 0.1) is 0 Å². The van der Waals surface area contributed by atoms with E-state index in [-0.39, 0.29) is 48.4 Å². The lowest BCUT2D eigenvalue weighted by atomic mass is 10.3. The van der Waals surface area contributed by atoms with Crippen LogP contribution >= 0.6 is 0 Å². The summed E-state index contributed by atoms with van der Waals surface area (Å²) < 4.78 is 52.8. The van der Waals surface area contributed by atoms with Gasteiger partial charge in [-0.3, -0.25) is 4.79 Å². The third kappa shape index (κ3) is 4.67. The van der Waals surface area contributed by atoms with Gasteiger partial charge in [-0.2, -0.15) is 8.61 Å². The van der Waals surface area contributed by atoms with E-state index in [9.17, 15) is 21.6 Å². The summed E-state index contributed by atoms with van der Waals surface area (Å²) in [5, 5.41) is 0. The highest BCUT2D eigenvalue weighted by atomic mass is 32.2. The van der Waals surface area contributed by atoms with Crippen molar-refractivity contribution in [3.05, 3.63) is 60.7 Å². The van der Waals surface area contributed by atoms with Crippen molar-refractivity contribution in [1.82, 2.24) is 13.5 Å². The molecule has 1 heterocycles. The summed E-state index contributed by atoms with van der Waals surface area (Å²) in [6, 6.07) is 16.1. The van der Waals surface area contributed by atoms with E-state index in [1.54, 1.807) is 36.4 Å². The Morgan fingerprint density at radius 3 is 1.83 bits per heavy atom. The molecule has 1 aliphatic heterocycles. The van der Waals surface area contributed by atoms with E-state index in [1.807, 2.05) is 0 Å². The van der Waals surface area contributed by atoms with E-state index in [0.29, 0.717) is 0 Å². The zero-order chi connectivity index (χ0) is 21.1. The molecule has 0 aliphatic carbocycles. The minimum atomic E-state index is -3.76. The third-order valence-corrected chi connectivity index (χ3v) is 8.51. The van der Waals surface area contributed by atoms with Gasteiger partial charge in [-0.15, -0.1) is 0 Å². The highest BCUT2D eigenvalue weighted by Crippen LogP contribution is 2.18. The maximum atomic E-state index is 12.7. The maximum Gasteiger partial charge on any atom is 0.243 e. The smallest absolute Gasteiger partial charge is 0.243 e. The summed E-state index contributed by atoms with van der Waals surface area (Å²) in [5.74, 6) is -0.358. The second kappa shape index (κ2) is 8.62. The number of hydrogen-bond acceptors (Lipinski definition) is 5. The normalized spacial score (nSPS) is 16.1. The summed E-state index contributed by atoms with van der Waals surface area (Å²) in [6.07, 6.45) is 0. The fourth-order valence-electron chi connectivity index (χ4n) is 3.07. The first-order chi connectivity index (χ1) is 13.7. The summed E-state index contributed by atoms with van der Waals surface area (Å²) in [7, 11) is -6.01. The van der Waals surface area contributed by atoms with Crippen LogP contribution in [0.5, 0.6) is 0 Å². The molecular formula is C19H23N3O5S2. The Hall–Kier alpha value is -2.27. The van der Waals surface area contributed by atoms with Gasteiger partial charge in [-0.1, -0.05) is 36.4 Å². The molecule has 156 valence electrons. The quantitative estimate of drug-likeness (QED) is 0.667. The molecule has 2 aromatic carbocycles. The summed E-state index contributed by atoms with van der Waals surface area (Å²) >= 11 is 0. The molecule has 1 saturated heterocycles. The van der Waals surface area contributed by atoms with Gasteiger partial charge in [0.05, 0.1) is 16.3 Å². The minimum absolute atomic E-state index is 0.120. The van der Waals surface area contributed by atoms with Crippen molar-refractivity contribution in [2.75, 3.05) is 39.8 Å². The molecule has 3 rings (SSSR count). The average Bonchev–Trinajstić information content (AvgIpc) is 2.75. The van der Waals surface area contributed by atoms with Crippen LogP contribution in [0.2, 0.25) is 0 Å². The fraction of sp³-hybridized carbons (Fsp3) is 0.316. The Morgan fingerprint density at radius 2 is 1.31 bits per heavy atom. The lowest BCUT2D eigenvalue weighted by Gasteiger charge is -2.34. The lowest BCUT2D eigenvalue weighted by molar-refractivity contribution is -0.132. The number of rotatable bonds is 6. The number of sulfonamides is 2. The van der Waals surface area contributed by atoms with E-state index in [0.717, 1.165) is 4.31 Å². The molecule has 0 atom stereocenters. The minimum Gasteiger partial charge on any atom is -0.339 e. The first-order valence-electron chi connectivity index (χ1n) is 9.07. The summed E-state index contributed by atoms with van der Waals surface area (Å²) in [5.41, 5.74) is 0. The molecule has 10 heteroatoms. The Kier molecular flexibility index (Phi) is 6.37. The number of piperazine rings is 1. The lowest BCUT2D eigenvalue weighted by Crippen LogP contribution is -2.52. The highest BCUT2D eigenvalue weighted by molar-refractivity contribution is 7.89. The van der Waals surface area contributed by atoms with Crippen LogP contribution in [0.15, 0.2) is 70.5 Å². The van der Waals surface area contributed by atoms with Crippen LogP contribution in [0.25, 0.3) is 0 Å². The molecule has 0 saturated carbocycles. The van der Waals surface area contributed by atoms with Crippen molar-refractivity contribution in [1.29, 1.82) is 0 Å². The second-order valence-corrected chi connectivity index (χ2v) is 10.7. The van der Waals surface area contributed by atoms with E-state index < -0.39 is 20.0 Å². The van der Waals surface area contributed by atoms with Gasteiger partial charge in [0, 0.05) is 33.2 Å². The number of likely N-dealkylation sites (N-methyl/N-ethyl adjacent to an activating group) is 1. The molecule has 0 unspecified atom stereocenters. The van der Waals surface area contributed by atoms with Crippen molar-refractivity contribution in [2.45, 2.75) is 9.79 Å². The largest absolute Gasteiger partial charge is 0.339 e. The predicted molar refractivity (Wildman–Crippen MR) is 108 cm³/mol. The van der Waals surface area contributed by atoms with Crippen molar-refractivity contribution < 1.29 is 21.6 Å². The van der Waals surface area contributed by atoms with Crippen LogP contribution in [0.3, 0.4) is 0 Å². The Bertz CT molecular complexity index is 1050. The first kappa shape index (κ1) is 21.4. The standard InChI is InChI=1S/C19H23N3O5S2/c1-20(28(24,25)17-8-4-2-5-9-17)16-19(23)21-12-14-22(15-13-21)29(26,27)18-10-6-3-7-11-18/h2-11H,12-16H2,1H3. The van der Waals surface area contributed by atoms with Crippen LogP contribution in [-0.2, 0) is 24.8 Å². The van der Waals surface area contributed by atoms with Gasteiger partial charge in [-0.25, -0.2) is 16.8 Å². The van der Waals surface area contributed by atoms with Crippen molar-refractivity contribution in [3.63, 3.8) is 0 Å². The van der Waals surface area contributed by atoms with Crippen LogP contribution in [-0.4, -0.2) is 76.0 Å². The monoisotopic (exact) mass is 437 g/mol. The van der Waals surface area contributed by atoms with Gasteiger partial charge in [0.15, 0.2) is 0 Å². The third-order valence-electron chi connectivity index (χ3n) is 4.78. The zero-order valence-corrected chi connectivity index (χ0v) is 17.6. The van der Waals surface area contributed by atoms with Gasteiger partial charge >= 0.3 is 0 Å². The summed E-state index contributed by atoms with van der Waals surface area (Å²) in [4.78, 5) is 14.4. The van der Waals surface area contributed by atoms with Gasteiger partial charge in [0.1, 0.15) is 0 Å². The molecule has 1 fully saturated rings. The molecule has 0 aromatic heterocycles. The number of nitrogens with zero attached hydrogens (tertiary/aromatic N) is 3. The van der Waals surface area contributed by atoms with Crippen molar-refractivity contribution in [2.24, 2.45) is 0 Å². The molecule has 0 radical (unpaired) electrons. The van der Waals surface area contributed by atoms with Gasteiger partial charge in [0.2, 0.25) is 26.0 Å². The number of hydrogen-bond donors (Lipinski definition) is 0. The average molecular weight is 438 g/mol. The molecule has 8 nitrogen and oxygen atoms in total. The second-order valence-electron chi connectivity index (χ2n) is 6.67. The summed E-state index contributed by atoms with van der Waals surface area (Å²) in [6.45, 7) is 0.452. The highest BCUT2D eigenvalue weighted by Gasteiger charge is 2.31. The SMILES string of the molecule is CN(CC(=O)N1CCN(S(=O)(=O)c2ccccc2)CC1)S(=O)(=O)c1ccccc1. The van der Waals surface area contributed by atoms with E-state index in [1.165, 1.54) is 40.5 Å². The number of carbonyl (C=O) groups is 1. The molecule has 2 aromatic rings. The van der Waals surface area contributed by atoms with Crippen LogP contribution in [0.4, 0.5) is 0 Å². The zero-order valence-electron chi connectivity index (χ0n) is 16.0. The van der Waals surface area contributed by atoms with Crippen LogP contribution in [0.1, 0.15) is 0 Å². The van der Waals surface area contributed by atoms with E-state index in [4.69, 9.17) is 0 Å². The molecule has 0 N–H and O–H groups in total. The predicted octanol–water partition coefficient (Wildman–Crippen LogP) is 0.840. The number of benzene rings is 2. The molecule has 0 bridgehead atoms. The molecule has 1 amide bonds. The van der Waals surface area contributed by atoms with E-state index >= 15 is 0 Å². The first-order valence-corrected chi connectivity index (χ1v) is 12.0. The van der Waals surface area contributed by atoms with Crippen molar-refractivity contribution in [3.8, 4) is 0 Å². The van der Waals surface area contributed by atoms with Gasteiger partial charge < -0.3 is 4.90 Å². The van der Waals surface area contributed by atoms with E-state index in [2.05, 4.69) is 0 Å². The Balaban J connectivity index is 1.60. The maximum absolute atomic E-state index is 12.7. The topological polar surface area (TPSA) is 95.1 Å². The number of carbonyl (C=O) groups excluding carboxylic acids is 1. The molecule has 1 aliphatic rings. The van der Waals surface area contributed by atoms with Gasteiger partial charge in [0.25, 0.3) is 0 Å². The molecule has 0 spiro atoms. The fourth-order valence-corrected chi connectivity index (χ4v) is 5.65. The number of amides is 1. The Labute approximate surface area is 171 Å². The molecule has 29 heavy (non-hydrogen) atoms. The molecular weight excluding hydrogens is 414 g/mol. The van der Waals surface area contributed by atoms with Gasteiger partial charge in [-0.05, 0) is 24.3 Å². The Morgan fingerprint density at radius 1 is 0.828 bits per heavy atom.